The number of hydroxylamine groups is 1. The van der Waals surface area contributed by atoms with Crippen molar-refractivity contribution in [3.63, 3.8) is 0 Å². The van der Waals surface area contributed by atoms with Gasteiger partial charge in [-0.25, -0.2) is 4.79 Å². The van der Waals surface area contributed by atoms with Gasteiger partial charge in [0, 0.05) is 10.9 Å². The number of benzene rings is 1. The fraction of sp³-hybridized carbons (Fsp3) is 0.429. The van der Waals surface area contributed by atoms with Crippen molar-refractivity contribution in [2.75, 3.05) is 6.61 Å². The molecule has 0 spiro atoms. The Labute approximate surface area is 132 Å². The van der Waals surface area contributed by atoms with Gasteiger partial charge in [-0.1, -0.05) is 36.0 Å². The van der Waals surface area contributed by atoms with Crippen molar-refractivity contribution < 1.29 is 19.2 Å². The van der Waals surface area contributed by atoms with Gasteiger partial charge in [-0.2, -0.15) is 5.48 Å². The van der Waals surface area contributed by atoms with Crippen LogP contribution in [0.1, 0.15) is 25.7 Å². The Kier molecular flexibility index (Phi) is 5.70. The molecular formula is C14H15Cl2NO4. The lowest BCUT2D eigenvalue weighted by Gasteiger charge is -2.11. The summed E-state index contributed by atoms with van der Waals surface area (Å²) in [4.78, 5) is 27.8. The summed E-state index contributed by atoms with van der Waals surface area (Å²) in [6, 6.07) is 4.65. The van der Waals surface area contributed by atoms with Crippen LogP contribution in [0.2, 0.25) is 10.0 Å². The summed E-state index contributed by atoms with van der Waals surface area (Å²) in [5, 5.41) is 0.768. The number of nitrogens with one attached hydrogen (secondary N) is 1. The summed E-state index contributed by atoms with van der Waals surface area (Å²) in [6.45, 7) is -0.355. The van der Waals surface area contributed by atoms with Gasteiger partial charge in [0.05, 0.1) is 5.02 Å². The molecule has 0 unspecified atom stereocenters. The third-order valence-corrected chi connectivity index (χ3v) is 3.76. The van der Waals surface area contributed by atoms with Crippen molar-refractivity contribution in [1.82, 2.24) is 5.48 Å². The normalized spacial score (nSPS) is 14.8. The smallest absolute Gasteiger partial charge is 0.369 e. The average molecular weight is 332 g/mol. The maximum absolute atomic E-state index is 11.7. The van der Waals surface area contributed by atoms with Crippen molar-refractivity contribution in [2.24, 2.45) is 5.92 Å². The molecule has 0 atom stereocenters. The Hall–Kier alpha value is -1.46. The van der Waals surface area contributed by atoms with Crippen LogP contribution >= 0.6 is 23.2 Å². The molecule has 0 radical (unpaired) electrons. The molecule has 21 heavy (non-hydrogen) atoms. The maximum Gasteiger partial charge on any atom is 0.369 e. The molecule has 0 saturated heterocycles. The van der Waals surface area contributed by atoms with Crippen molar-refractivity contribution in [3.8, 4) is 5.75 Å². The minimum Gasteiger partial charge on any atom is -0.480 e. The summed E-state index contributed by atoms with van der Waals surface area (Å²) in [5.74, 6) is -0.706. The highest BCUT2D eigenvalue weighted by atomic mass is 35.5. The first kappa shape index (κ1) is 15.9. The minimum atomic E-state index is -0.702. The average Bonchev–Trinajstić information content (AvgIpc) is 2.98. The molecule has 1 amide bonds. The molecule has 1 N–H and O–H groups in total. The number of hydrogen-bond donors (Lipinski definition) is 1. The fourth-order valence-corrected chi connectivity index (χ4v) is 2.60. The van der Waals surface area contributed by atoms with Crippen LogP contribution in [0.4, 0.5) is 0 Å². The second kappa shape index (κ2) is 7.52. The Morgan fingerprint density at radius 2 is 1.95 bits per heavy atom. The molecule has 1 aliphatic carbocycles. The molecule has 5 nitrogen and oxygen atoms in total. The topological polar surface area (TPSA) is 64.6 Å². The Balaban J connectivity index is 1.73. The van der Waals surface area contributed by atoms with Crippen molar-refractivity contribution >= 4 is 35.1 Å². The Morgan fingerprint density at radius 3 is 2.62 bits per heavy atom. The van der Waals surface area contributed by atoms with Crippen LogP contribution in [0, 0.1) is 5.92 Å². The predicted molar refractivity (Wildman–Crippen MR) is 78.1 cm³/mol. The van der Waals surface area contributed by atoms with E-state index < -0.39 is 5.97 Å². The first-order chi connectivity index (χ1) is 10.1. The second-order valence-corrected chi connectivity index (χ2v) is 5.63. The lowest BCUT2D eigenvalue weighted by Crippen LogP contribution is -2.33. The predicted octanol–water partition coefficient (Wildman–Crippen LogP) is 3.14. The molecule has 114 valence electrons. The molecule has 1 aromatic rings. The van der Waals surface area contributed by atoms with E-state index >= 15 is 0 Å². The van der Waals surface area contributed by atoms with Gasteiger partial charge < -0.3 is 9.57 Å². The van der Waals surface area contributed by atoms with Crippen LogP contribution in [-0.2, 0) is 14.4 Å². The molecular weight excluding hydrogens is 317 g/mol. The molecule has 1 aliphatic rings. The molecule has 7 heteroatoms. The van der Waals surface area contributed by atoms with Crippen LogP contribution in [0.25, 0.3) is 0 Å². The zero-order chi connectivity index (χ0) is 15.2. The molecule has 1 saturated carbocycles. The summed E-state index contributed by atoms with van der Waals surface area (Å²) in [5.41, 5.74) is 2.16. The van der Waals surface area contributed by atoms with E-state index in [1.54, 1.807) is 12.1 Å². The van der Waals surface area contributed by atoms with Crippen molar-refractivity contribution in [2.45, 2.75) is 25.7 Å². The van der Waals surface area contributed by atoms with Gasteiger partial charge in [-0.05, 0) is 31.0 Å². The second-order valence-electron chi connectivity index (χ2n) is 4.79. The number of carbonyl (C=O) groups is 2. The molecule has 1 aromatic carbocycles. The van der Waals surface area contributed by atoms with Crippen LogP contribution in [-0.4, -0.2) is 18.5 Å². The number of hydrogen-bond acceptors (Lipinski definition) is 4. The highest BCUT2D eigenvalue weighted by molar-refractivity contribution is 6.35. The SMILES string of the molecule is O=C(COc1ccc(Cl)cc1Cl)ONC(=O)C1CCCC1. The summed E-state index contributed by atoms with van der Waals surface area (Å²) in [6.07, 6.45) is 3.73. The zero-order valence-electron chi connectivity index (χ0n) is 11.2. The van der Waals surface area contributed by atoms with E-state index in [4.69, 9.17) is 27.9 Å². The fourth-order valence-electron chi connectivity index (χ4n) is 2.14. The lowest BCUT2D eigenvalue weighted by atomic mass is 10.1. The highest BCUT2D eigenvalue weighted by Crippen LogP contribution is 2.27. The number of rotatable bonds is 4. The molecule has 0 aromatic heterocycles. The summed E-state index contributed by atoms with van der Waals surface area (Å²) in [7, 11) is 0. The van der Waals surface area contributed by atoms with E-state index in [1.165, 1.54) is 6.07 Å². The molecule has 1 fully saturated rings. The number of carbonyl (C=O) groups excluding carboxylic acids is 2. The lowest BCUT2D eigenvalue weighted by molar-refractivity contribution is -0.161. The number of amides is 1. The number of ether oxygens (including phenoxy) is 1. The van der Waals surface area contributed by atoms with Gasteiger partial charge in [-0.3, -0.25) is 4.79 Å². The molecule has 0 aliphatic heterocycles. The van der Waals surface area contributed by atoms with Crippen molar-refractivity contribution in [3.05, 3.63) is 28.2 Å². The third-order valence-electron chi connectivity index (χ3n) is 3.23. The van der Waals surface area contributed by atoms with E-state index in [0.717, 1.165) is 25.7 Å². The van der Waals surface area contributed by atoms with Gasteiger partial charge >= 0.3 is 5.97 Å². The summed E-state index contributed by atoms with van der Waals surface area (Å²) >= 11 is 11.6. The molecule has 0 heterocycles. The number of halogens is 2. The van der Waals surface area contributed by atoms with Crippen LogP contribution < -0.4 is 10.2 Å². The van der Waals surface area contributed by atoms with Gasteiger partial charge in [-0.15, -0.1) is 0 Å². The Bertz CT molecular complexity index is 530. The van der Waals surface area contributed by atoms with E-state index in [2.05, 4.69) is 10.3 Å². The Morgan fingerprint density at radius 1 is 1.24 bits per heavy atom. The van der Waals surface area contributed by atoms with Crippen LogP contribution in [0.15, 0.2) is 18.2 Å². The minimum absolute atomic E-state index is 0.0653. The van der Waals surface area contributed by atoms with Gasteiger partial charge in [0.2, 0.25) is 0 Å². The summed E-state index contributed by atoms with van der Waals surface area (Å²) < 4.78 is 5.19. The molecule has 0 bridgehead atoms. The standard InChI is InChI=1S/C14H15Cl2NO4/c15-10-5-6-12(11(16)7-10)20-8-13(18)21-17-14(19)9-3-1-2-4-9/h5-7,9H,1-4,8H2,(H,17,19). The molecule has 2 rings (SSSR count). The van der Waals surface area contributed by atoms with Gasteiger partial charge in [0.25, 0.3) is 5.91 Å². The third kappa shape index (κ3) is 4.79. The zero-order valence-corrected chi connectivity index (χ0v) is 12.7. The first-order valence-corrected chi connectivity index (χ1v) is 7.39. The van der Waals surface area contributed by atoms with Gasteiger partial charge in [0.1, 0.15) is 5.75 Å². The van der Waals surface area contributed by atoms with E-state index in [9.17, 15) is 9.59 Å². The highest BCUT2D eigenvalue weighted by Gasteiger charge is 2.23. The van der Waals surface area contributed by atoms with Gasteiger partial charge in [0.15, 0.2) is 6.61 Å². The van der Waals surface area contributed by atoms with Crippen LogP contribution in [0.5, 0.6) is 5.75 Å². The van der Waals surface area contributed by atoms with Crippen LogP contribution in [0.3, 0.4) is 0 Å². The van der Waals surface area contributed by atoms with E-state index in [0.29, 0.717) is 15.8 Å². The largest absolute Gasteiger partial charge is 0.480 e. The maximum atomic E-state index is 11.7. The monoisotopic (exact) mass is 331 g/mol. The first-order valence-electron chi connectivity index (χ1n) is 6.63. The van der Waals surface area contributed by atoms with Crippen molar-refractivity contribution in [1.29, 1.82) is 0 Å². The van der Waals surface area contributed by atoms with E-state index in [1.807, 2.05) is 0 Å². The quantitative estimate of drug-likeness (QED) is 0.861. The van der Waals surface area contributed by atoms with E-state index in [-0.39, 0.29) is 18.4 Å².